The monoisotopic (exact) mass is 406 g/mol. The molecule has 0 fully saturated rings. The molecule has 0 aliphatic rings. The van der Waals surface area contributed by atoms with Crippen LogP contribution in [0.3, 0.4) is 0 Å². The summed E-state index contributed by atoms with van der Waals surface area (Å²) < 4.78 is 0. The fourth-order valence-electron chi connectivity index (χ4n) is 2.35. The number of amides is 4. The average molecular weight is 407 g/mol. The van der Waals surface area contributed by atoms with Crippen molar-refractivity contribution in [2.45, 2.75) is 104 Å². The van der Waals surface area contributed by atoms with Gasteiger partial charge in [-0.3, -0.25) is 21.7 Å². The van der Waals surface area contributed by atoms with E-state index in [1.54, 1.807) is 21.7 Å². The Morgan fingerprint density at radius 3 is 0.750 bits per heavy atom. The Morgan fingerprint density at radius 2 is 0.643 bits per heavy atom. The Balaban J connectivity index is -0.000000426. The Hall–Kier alpha value is -1.62. The van der Waals surface area contributed by atoms with Crippen molar-refractivity contribution < 1.29 is 9.59 Å². The lowest BCUT2D eigenvalue weighted by atomic mass is 10.0. The molecule has 0 aliphatic carbocycles. The minimum absolute atomic E-state index is 0.602. The number of nitrogens with one attached hydrogen (secondary N) is 4. The van der Waals surface area contributed by atoms with Gasteiger partial charge in [0.2, 0.25) is 0 Å². The van der Waals surface area contributed by atoms with E-state index in [1.807, 2.05) is 0 Å². The van der Waals surface area contributed by atoms with Gasteiger partial charge in [0.05, 0.1) is 0 Å². The van der Waals surface area contributed by atoms with Gasteiger partial charge in [-0.2, -0.15) is 0 Å². The fraction of sp³-hybridized carbons (Fsp3) is 0.889. The Bertz CT molecular complexity index is 278. The van der Waals surface area contributed by atoms with E-state index in [2.05, 4.69) is 37.2 Å². The summed E-state index contributed by atoms with van der Waals surface area (Å²) in [4.78, 5) is 19.4. The number of hydrogen-bond donors (Lipinski definition) is 8. The highest BCUT2D eigenvalue weighted by Crippen LogP contribution is 2.12. The first kappa shape index (κ1) is 31.1. The van der Waals surface area contributed by atoms with Crippen molar-refractivity contribution >= 4 is 12.1 Å². The molecule has 28 heavy (non-hydrogen) atoms. The van der Waals surface area contributed by atoms with E-state index in [1.165, 1.54) is 89.9 Å². The molecule has 12 N–H and O–H groups in total. The van der Waals surface area contributed by atoms with Gasteiger partial charge in [0.1, 0.15) is 0 Å². The number of rotatable bonds is 13. The van der Waals surface area contributed by atoms with Crippen LogP contribution in [0.1, 0.15) is 104 Å². The smallest absolute Gasteiger partial charge is 0.275 e. The molecule has 0 saturated carbocycles. The molecule has 0 aromatic heterocycles. The normalized spacial score (nSPS) is 9.21. The van der Waals surface area contributed by atoms with Crippen LogP contribution < -0.4 is 45.1 Å². The average Bonchev–Trinajstić information content (AvgIpc) is 2.74. The number of carbonyl (C=O) groups excluding carboxylic acids is 2. The first-order chi connectivity index (χ1) is 13.5. The van der Waals surface area contributed by atoms with Gasteiger partial charge in [-0.25, -0.2) is 33.0 Å². The van der Waals surface area contributed by atoms with Crippen LogP contribution in [0.25, 0.3) is 0 Å². The van der Waals surface area contributed by atoms with Gasteiger partial charge in [-0.05, 0) is 0 Å². The Morgan fingerprint density at radius 1 is 0.464 bits per heavy atom. The Kier molecular flexibility index (Phi) is 33.4. The molecule has 4 amide bonds. The van der Waals surface area contributed by atoms with Gasteiger partial charge in [0, 0.05) is 0 Å². The van der Waals surface area contributed by atoms with Crippen LogP contribution in [-0.4, -0.2) is 12.1 Å². The molecule has 0 aromatic rings. The zero-order chi connectivity index (χ0) is 21.9. The third-order valence-corrected chi connectivity index (χ3v) is 3.98. The van der Waals surface area contributed by atoms with Crippen LogP contribution in [0, 0.1) is 0 Å². The number of carbonyl (C=O) groups is 2. The summed E-state index contributed by atoms with van der Waals surface area (Å²) >= 11 is 0. The second-order valence-corrected chi connectivity index (χ2v) is 6.48. The van der Waals surface area contributed by atoms with E-state index >= 15 is 0 Å². The van der Waals surface area contributed by atoms with Crippen molar-refractivity contribution in [1.82, 2.24) is 21.7 Å². The fourth-order valence-corrected chi connectivity index (χ4v) is 2.35. The van der Waals surface area contributed by atoms with Crippen LogP contribution in [0.2, 0.25) is 0 Å². The summed E-state index contributed by atoms with van der Waals surface area (Å²) in [5.41, 5.74) is 6.96. The molecule has 0 bridgehead atoms. The largest absolute Gasteiger partial charge is 0.343 e. The van der Waals surface area contributed by atoms with Crippen molar-refractivity contribution in [2.24, 2.45) is 23.4 Å². The highest BCUT2D eigenvalue weighted by atomic mass is 16.2. The lowest BCUT2D eigenvalue weighted by Crippen LogP contribution is -2.43. The molecule has 0 aliphatic heterocycles. The number of hydrogen-bond acceptors (Lipinski definition) is 6. The maximum absolute atomic E-state index is 9.71. The number of unbranched alkanes of at least 4 members (excludes halogenated alkanes) is 13. The topological polar surface area (TPSA) is 186 Å². The lowest BCUT2D eigenvalue weighted by molar-refractivity contribution is 0.240. The van der Waals surface area contributed by atoms with Gasteiger partial charge in [0.15, 0.2) is 0 Å². The van der Waals surface area contributed by atoms with Crippen LogP contribution >= 0.6 is 0 Å². The van der Waals surface area contributed by atoms with Crippen LogP contribution in [0.5, 0.6) is 0 Å². The third kappa shape index (κ3) is 35.5. The summed E-state index contributed by atoms with van der Waals surface area (Å²) in [5.74, 6) is 18.2. The number of urea groups is 2. The van der Waals surface area contributed by atoms with E-state index in [4.69, 9.17) is 0 Å². The second-order valence-electron chi connectivity index (χ2n) is 6.48. The van der Waals surface area contributed by atoms with Crippen molar-refractivity contribution in [1.29, 1.82) is 0 Å². The zero-order valence-corrected chi connectivity index (χ0v) is 18.0. The van der Waals surface area contributed by atoms with Crippen LogP contribution in [0.15, 0.2) is 0 Å². The van der Waals surface area contributed by atoms with Gasteiger partial charge in [0.25, 0.3) is 0 Å². The van der Waals surface area contributed by atoms with Crippen LogP contribution in [-0.2, 0) is 0 Å². The predicted octanol–water partition coefficient (Wildman–Crippen LogP) is 2.55. The predicted molar refractivity (Wildman–Crippen MR) is 116 cm³/mol. The molecule has 0 heterocycles. The molecule has 0 spiro atoms. The van der Waals surface area contributed by atoms with Crippen molar-refractivity contribution in [2.75, 3.05) is 0 Å². The minimum atomic E-state index is -0.602. The van der Waals surface area contributed by atoms with Crippen molar-refractivity contribution in [3.63, 3.8) is 0 Å². The van der Waals surface area contributed by atoms with Gasteiger partial charge in [-0.15, -0.1) is 0 Å². The maximum atomic E-state index is 9.71. The van der Waals surface area contributed by atoms with Crippen molar-refractivity contribution in [3.05, 3.63) is 0 Å². The molecule has 0 rings (SSSR count). The van der Waals surface area contributed by atoms with Gasteiger partial charge >= 0.3 is 12.1 Å². The molecule has 0 unspecified atom stereocenters. The molecule has 0 saturated heterocycles. The zero-order valence-electron chi connectivity index (χ0n) is 18.0. The molecule has 0 atom stereocenters. The third-order valence-electron chi connectivity index (χ3n) is 3.98. The Labute approximate surface area is 171 Å². The summed E-state index contributed by atoms with van der Waals surface area (Å²) in [6, 6.07) is -1.20. The molecule has 10 nitrogen and oxygen atoms in total. The highest BCUT2D eigenvalue weighted by molar-refractivity contribution is 5.72. The molecule has 170 valence electrons. The molecule has 10 heteroatoms. The minimum Gasteiger partial charge on any atom is -0.275 e. The van der Waals surface area contributed by atoms with E-state index in [9.17, 15) is 9.59 Å². The molecule has 0 aromatic carbocycles. The van der Waals surface area contributed by atoms with Crippen LogP contribution in [0.4, 0.5) is 9.59 Å². The first-order valence-electron chi connectivity index (χ1n) is 10.5. The number of hydrazine groups is 4. The van der Waals surface area contributed by atoms with Crippen molar-refractivity contribution in [3.8, 4) is 0 Å². The van der Waals surface area contributed by atoms with Gasteiger partial charge in [-0.1, -0.05) is 104 Å². The summed E-state index contributed by atoms with van der Waals surface area (Å²) in [5, 5.41) is 0. The lowest BCUT2D eigenvalue weighted by Gasteiger charge is -2.02. The summed E-state index contributed by atoms with van der Waals surface area (Å²) in [7, 11) is 0. The summed E-state index contributed by atoms with van der Waals surface area (Å²) in [6.45, 7) is 4.58. The highest BCUT2D eigenvalue weighted by Gasteiger charge is 1.92. The molecule has 0 radical (unpaired) electrons. The quantitative estimate of drug-likeness (QED) is 0.100. The second kappa shape index (κ2) is 30.1. The van der Waals surface area contributed by atoms with E-state index < -0.39 is 12.1 Å². The summed E-state index contributed by atoms with van der Waals surface area (Å²) in [6.07, 6.45) is 20.4. The van der Waals surface area contributed by atoms with E-state index in [-0.39, 0.29) is 0 Å². The first-order valence-corrected chi connectivity index (χ1v) is 10.5. The SMILES string of the molecule is CCCCCCCCCCCCCCCC.NNC(=O)NN.NNC(=O)NN. The van der Waals surface area contributed by atoms with E-state index in [0.717, 1.165) is 0 Å². The van der Waals surface area contributed by atoms with Gasteiger partial charge < -0.3 is 0 Å². The molecular weight excluding hydrogens is 360 g/mol. The maximum Gasteiger partial charge on any atom is 0.343 e. The van der Waals surface area contributed by atoms with E-state index in [0.29, 0.717) is 0 Å². The standard InChI is InChI=1S/C16H34.2CH6N4O/c1-3-5-7-9-11-13-15-16-14-12-10-8-6-4-2;2*2-4-1(6)5-3/h3-16H2,1-2H3;2*2-3H2,(H2,4,5,6). The number of nitrogens with two attached hydrogens (primary N) is 4. The molecular formula is C18H46N8O2.